The molecule has 0 saturated heterocycles. The Hall–Kier alpha value is -4.16. The fraction of sp³-hybridized carbons (Fsp3) is 0. The molecule has 0 spiro atoms. The van der Waals surface area contributed by atoms with E-state index in [9.17, 15) is 13.2 Å². The molecule has 1 heterocycles. The molecule has 4 aromatic rings. The Morgan fingerprint density at radius 3 is 2.06 bits per heavy atom. The third-order valence-corrected chi connectivity index (χ3v) is 6.46. The van der Waals surface area contributed by atoms with E-state index in [0.717, 1.165) is 16.7 Å². The number of benzene rings is 4. The van der Waals surface area contributed by atoms with Gasteiger partial charge in [-0.25, -0.2) is 0 Å². The minimum atomic E-state index is -3.99. The van der Waals surface area contributed by atoms with Crippen molar-refractivity contribution in [3.8, 4) is 22.6 Å². The van der Waals surface area contributed by atoms with Gasteiger partial charge in [0.1, 0.15) is 16.4 Å². The van der Waals surface area contributed by atoms with Gasteiger partial charge in [-0.1, -0.05) is 72.8 Å². The van der Waals surface area contributed by atoms with E-state index in [1.54, 1.807) is 24.3 Å². The van der Waals surface area contributed by atoms with Gasteiger partial charge in [0.2, 0.25) is 5.78 Å². The second-order valence-corrected chi connectivity index (χ2v) is 8.98. The SMILES string of the molecule is O=C1/C(=C/c2ccc(-c3ccccc3)cc2)Oc2cc(OS(=O)(=O)c3ccccc3)ccc21. The Morgan fingerprint density at radius 1 is 0.727 bits per heavy atom. The van der Waals surface area contributed by atoms with Gasteiger partial charge in [0.15, 0.2) is 5.76 Å². The van der Waals surface area contributed by atoms with E-state index in [0.29, 0.717) is 5.56 Å². The first-order chi connectivity index (χ1) is 16.0. The number of ether oxygens (including phenoxy) is 1. The molecule has 162 valence electrons. The maximum atomic E-state index is 12.8. The van der Waals surface area contributed by atoms with Crippen molar-refractivity contribution < 1.29 is 22.1 Å². The van der Waals surface area contributed by atoms with Crippen molar-refractivity contribution in [3.05, 3.63) is 120 Å². The average molecular weight is 455 g/mol. The van der Waals surface area contributed by atoms with Gasteiger partial charge < -0.3 is 8.92 Å². The fourth-order valence-electron chi connectivity index (χ4n) is 3.53. The summed E-state index contributed by atoms with van der Waals surface area (Å²) in [6.07, 6.45) is 1.67. The molecule has 0 aromatic heterocycles. The third-order valence-electron chi connectivity index (χ3n) is 5.19. The van der Waals surface area contributed by atoms with Crippen LogP contribution in [0, 0.1) is 0 Å². The molecule has 1 aliphatic rings. The van der Waals surface area contributed by atoms with Crippen LogP contribution in [0.3, 0.4) is 0 Å². The van der Waals surface area contributed by atoms with E-state index in [1.807, 2.05) is 54.6 Å². The van der Waals surface area contributed by atoms with Crippen LogP contribution in [-0.2, 0) is 10.1 Å². The van der Waals surface area contributed by atoms with Gasteiger partial charge in [-0.15, -0.1) is 0 Å². The van der Waals surface area contributed by atoms with Crippen molar-refractivity contribution >= 4 is 22.0 Å². The molecule has 4 aromatic carbocycles. The molecule has 0 fully saturated rings. The Morgan fingerprint density at radius 2 is 1.36 bits per heavy atom. The molecule has 0 atom stereocenters. The molecule has 0 saturated carbocycles. The average Bonchev–Trinajstić information content (AvgIpc) is 3.15. The molecule has 0 unspecified atom stereocenters. The van der Waals surface area contributed by atoms with Crippen LogP contribution in [0.4, 0.5) is 0 Å². The summed E-state index contributed by atoms with van der Waals surface area (Å²) in [6.45, 7) is 0. The predicted octanol–water partition coefficient (Wildman–Crippen LogP) is 5.74. The molecule has 0 radical (unpaired) electrons. The number of rotatable bonds is 5. The lowest BCUT2D eigenvalue weighted by molar-refractivity contribution is 0.101. The summed E-state index contributed by atoms with van der Waals surface area (Å²) >= 11 is 0. The summed E-state index contributed by atoms with van der Waals surface area (Å²) in [4.78, 5) is 12.8. The zero-order valence-electron chi connectivity index (χ0n) is 17.3. The van der Waals surface area contributed by atoms with E-state index < -0.39 is 10.1 Å². The fourth-order valence-corrected chi connectivity index (χ4v) is 4.48. The molecular formula is C27H18O5S. The number of carbonyl (C=O) groups excluding carboxylic acids is 1. The number of hydrogen-bond donors (Lipinski definition) is 0. The van der Waals surface area contributed by atoms with Crippen LogP contribution in [0.1, 0.15) is 15.9 Å². The zero-order valence-corrected chi connectivity index (χ0v) is 18.2. The number of ketones is 1. The molecule has 33 heavy (non-hydrogen) atoms. The molecule has 0 N–H and O–H groups in total. The van der Waals surface area contributed by atoms with Crippen LogP contribution in [-0.4, -0.2) is 14.2 Å². The number of carbonyl (C=O) groups is 1. The highest BCUT2D eigenvalue weighted by molar-refractivity contribution is 7.87. The lowest BCUT2D eigenvalue weighted by atomic mass is 10.0. The quantitative estimate of drug-likeness (QED) is 0.284. The van der Waals surface area contributed by atoms with Crippen molar-refractivity contribution in [1.82, 2.24) is 0 Å². The van der Waals surface area contributed by atoms with Gasteiger partial charge in [0.05, 0.1) is 5.56 Å². The summed E-state index contributed by atoms with van der Waals surface area (Å²) in [6, 6.07) is 30.0. The van der Waals surface area contributed by atoms with Crippen LogP contribution in [0.2, 0.25) is 0 Å². The molecule has 1 aliphatic heterocycles. The van der Waals surface area contributed by atoms with Crippen molar-refractivity contribution in [2.45, 2.75) is 4.90 Å². The largest absolute Gasteiger partial charge is 0.452 e. The standard InChI is InChI=1S/C27H18O5S/c28-27-24-16-15-22(32-33(29,30)23-9-5-2-6-10-23)18-25(24)31-26(27)17-19-11-13-21(14-12-19)20-7-3-1-4-8-20/h1-18H/b26-17-. The minimum Gasteiger partial charge on any atom is -0.452 e. The van der Waals surface area contributed by atoms with E-state index in [2.05, 4.69) is 0 Å². The second kappa shape index (κ2) is 8.41. The van der Waals surface area contributed by atoms with E-state index in [1.165, 1.54) is 30.3 Å². The molecule has 0 aliphatic carbocycles. The van der Waals surface area contributed by atoms with Crippen LogP contribution < -0.4 is 8.92 Å². The monoisotopic (exact) mass is 454 g/mol. The summed E-state index contributed by atoms with van der Waals surface area (Å²) in [5.74, 6) is 0.224. The van der Waals surface area contributed by atoms with E-state index in [-0.39, 0.29) is 27.9 Å². The predicted molar refractivity (Wildman–Crippen MR) is 126 cm³/mol. The van der Waals surface area contributed by atoms with Gasteiger partial charge in [0, 0.05) is 6.07 Å². The number of hydrogen-bond acceptors (Lipinski definition) is 5. The Balaban J connectivity index is 1.36. The maximum Gasteiger partial charge on any atom is 0.339 e. The molecule has 0 bridgehead atoms. The van der Waals surface area contributed by atoms with Crippen LogP contribution in [0.25, 0.3) is 17.2 Å². The van der Waals surface area contributed by atoms with Crippen molar-refractivity contribution in [2.24, 2.45) is 0 Å². The normalized spacial score (nSPS) is 14.1. The molecule has 6 heteroatoms. The highest BCUT2D eigenvalue weighted by Gasteiger charge is 2.28. The summed E-state index contributed by atoms with van der Waals surface area (Å²) < 4.78 is 35.9. The Labute approximate surface area is 191 Å². The van der Waals surface area contributed by atoms with Crippen molar-refractivity contribution in [3.63, 3.8) is 0 Å². The molecule has 5 rings (SSSR count). The number of fused-ring (bicyclic) bond motifs is 1. The van der Waals surface area contributed by atoms with Crippen molar-refractivity contribution in [2.75, 3.05) is 0 Å². The number of allylic oxidation sites excluding steroid dienone is 1. The lowest BCUT2D eigenvalue weighted by Crippen LogP contribution is -2.09. The van der Waals surface area contributed by atoms with Crippen LogP contribution in [0.5, 0.6) is 11.5 Å². The van der Waals surface area contributed by atoms with Gasteiger partial charge >= 0.3 is 10.1 Å². The van der Waals surface area contributed by atoms with Crippen LogP contribution in [0.15, 0.2) is 114 Å². The minimum absolute atomic E-state index is 0.0435. The lowest BCUT2D eigenvalue weighted by Gasteiger charge is -2.07. The molecular weight excluding hydrogens is 436 g/mol. The van der Waals surface area contributed by atoms with E-state index >= 15 is 0 Å². The highest BCUT2D eigenvalue weighted by atomic mass is 32.2. The van der Waals surface area contributed by atoms with Gasteiger partial charge in [-0.3, -0.25) is 4.79 Å². The van der Waals surface area contributed by atoms with Gasteiger partial charge in [0.25, 0.3) is 0 Å². The highest BCUT2D eigenvalue weighted by Crippen LogP contribution is 2.35. The van der Waals surface area contributed by atoms with Gasteiger partial charge in [-0.05, 0) is 47.0 Å². The Kier molecular flexibility index (Phi) is 5.28. The summed E-state index contributed by atoms with van der Waals surface area (Å²) in [7, 11) is -3.99. The Bertz CT molecular complexity index is 1460. The topological polar surface area (TPSA) is 69.7 Å². The summed E-state index contributed by atoms with van der Waals surface area (Å²) in [5, 5.41) is 0. The first-order valence-corrected chi connectivity index (χ1v) is 11.6. The number of Topliss-reactive ketones (excluding diaryl/α,β-unsaturated/α-hetero) is 1. The van der Waals surface area contributed by atoms with Crippen LogP contribution >= 0.6 is 0 Å². The first kappa shape index (κ1) is 20.7. The second-order valence-electron chi connectivity index (χ2n) is 7.44. The van der Waals surface area contributed by atoms with Gasteiger partial charge in [-0.2, -0.15) is 8.42 Å². The van der Waals surface area contributed by atoms with Crippen molar-refractivity contribution in [1.29, 1.82) is 0 Å². The van der Waals surface area contributed by atoms with E-state index in [4.69, 9.17) is 8.92 Å². The first-order valence-electron chi connectivity index (χ1n) is 10.2. The summed E-state index contributed by atoms with van der Waals surface area (Å²) in [5.41, 5.74) is 3.34. The smallest absolute Gasteiger partial charge is 0.339 e. The zero-order chi connectivity index (χ0) is 22.8. The maximum absolute atomic E-state index is 12.8. The molecule has 5 nitrogen and oxygen atoms in total. The molecule has 0 amide bonds. The third kappa shape index (κ3) is 4.29.